The van der Waals surface area contributed by atoms with Gasteiger partial charge in [0.1, 0.15) is 5.60 Å². The number of likely N-dealkylation sites (tertiary alicyclic amines) is 1. The fraction of sp³-hybridized carbons (Fsp3) is 0.619. The van der Waals surface area contributed by atoms with Gasteiger partial charge in [0.05, 0.1) is 0 Å². The number of piperidine rings is 1. The number of hydrogen-bond acceptors (Lipinski definition) is 5. The second kappa shape index (κ2) is 7.63. The van der Waals surface area contributed by atoms with Crippen molar-refractivity contribution in [3.8, 4) is 0 Å². The van der Waals surface area contributed by atoms with E-state index in [0.717, 1.165) is 11.8 Å². The molecule has 0 N–H and O–H groups in total. The molecule has 1 saturated heterocycles. The first-order valence-corrected chi connectivity index (χ1v) is 11.9. The highest BCUT2D eigenvalue weighted by Gasteiger charge is 2.52. The van der Waals surface area contributed by atoms with Crippen molar-refractivity contribution in [2.75, 3.05) is 25.9 Å². The van der Waals surface area contributed by atoms with Crippen molar-refractivity contribution >= 4 is 21.8 Å². The monoisotopic (exact) mass is 422 g/mol. The minimum Gasteiger partial charge on any atom is -0.444 e. The number of ether oxygens (including phenoxy) is 1. The minimum absolute atomic E-state index is 0.0854. The van der Waals surface area contributed by atoms with Crippen molar-refractivity contribution < 1.29 is 22.7 Å². The topological polar surface area (TPSA) is 84.0 Å². The van der Waals surface area contributed by atoms with E-state index in [4.69, 9.17) is 4.74 Å². The summed E-state index contributed by atoms with van der Waals surface area (Å²) in [4.78, 5) is 28.9. The zero-order chi connectivity index (χ0) is 21.4. The molecule has 2 heterocycles. The summed E-state index contributed by atoms with van der Waals surface area (Å²) in [5.41, 5.74) is 1.63. The lowest BCUT2D eigenvalue weighted by Crippen LogP contribution is -2.60. The third kappa shape index (κ3) is 4.42. The minimum atomic E-state index is -3.67. The van der Waals surface area contributed by atoms with E-state index in [0.29, 0.717) is 19.5 Å². The number of sulfone groups is 1. The molecule has 0 aromatic heterocycles. The van der Waals surface area contributed by atoms with Crippen molar-refractivity contribution in [3.63, 3.8) is 0 Å². The molecule has 29 heavy (non-hydrogen) atoms. The van der Waals surface area contributed by atoms with Gasteiger partial charge < -0.3 is 14.5 Å². The third-order valence-corrected chi connectivity index (χ3v) is 7.74. The zero-order valence-electron chi connectivity index (χ0n) is 17.6. The van der Waals surface area contributed by atoms with Crippen LogP contribution in [0.1, 0.15) is 44.7 Å². The predicted molar refractivity (Wildman–Crippen MR) is 110 cm³/mol. The molecule has 0 spiro atoms. The number of hydrogen-bond donors (Lipinski definition) is 0. The van der Waals surface area contributed by atoms with Crippen LogP contribution in [0.4, 0.5) is 4.79 Å². The van der Waals surface area contributed by atoms with Crippen LogP contribution in [-0.4, -0.2) is 66.5 Å². The van der Waals surface area contributed by atoms with Crippen LogP contribution in [0.5, 0.6) is 0 Å². The van der Waals surface area contributed by atoms with Crippen LogP contribution in [0, 0.1) is 0 Å². The maximum absolute atomic E-state index is 13.4. The van der Waals surface area contributed by atoms with E-state index in [1.807, 2.05) is 24.3 Å². The van der Waals surface area contributed by atoms with E-state index < -0.39 is 26.3 Å². The summed E-state index contributed by atoms with van der Waals surface area (Å²) >= 11 is 0. The lowest BCUT2D eigenvalue weighted by atomic mass is 9.92. The average molecular weight is 423 g/mol. The number of fused-ring (bicyclic) bond motifs is 1. The van der Waals surface area contributed by atoms with E-state index in [1.165, 1.54) is 10.5 Å². The van der Waals surface area contributed by atoms with Crippen molar-refractivity contribution in [1.29, 1.82) is 0 Å². The van der Waals surface area contributed by atoms with Gasteiger partial charge in [-0.1, -0.05) is 24.3 Å². The summed E-state index contributed by atoms with van der Waals surface area (Å²) in [6.07, 6.45) is 1.54. The van der Waals surface area contributed by atoms with Gasteiger partial charge in [-0.2, -0.15) is 0 Å². The number of rotatable bonds is 2. The van der Waals surface area contributed by atoms with E-state index in [-0.39, 0.29) is 31.8 Å². The molecule has 0 radical (unpaired) electrons. The largest absolute Gasteiger partial charge is 0.444 e. The molecule has 1 aromatic rings. The molecule has 3 rings (SSSR count). The van der Waals surface area contributed by atoms with Gasteiger partial charge in [-0.3, -0.25) is 4.79 Å². The van der Waals surface area contributed by atoms with Crippen LogP contribution in [-0.2, 0) is 32.3 Å². The van der Waals surface area contributed by atoms with Gasteiger partial charge in [-0.05, 0) is 51.2 Å². The molecule has 8 heteroatoms. The Morgan fingerprint density at radius 2 is 1.59 bits per heavy atom. The Morgan fingerprint density at radius 3 is 2.14 bits per heavy atom. The Morgan fingerprint density at radius 1 is 1.00 bits per heavy atom. The number of carbonyl (C=O) groups is 2. The van der Waals surface area contributed by atoms with Gasteiger partial charge in [0.2, 0.25) is 5.91 Å². The van der Waals surface area contributed by atoms with Crippen molar-refractivity contribution in [2.45, 2.75) is 56.9 Å². The second-order valence-corrected chi connectivity index (χ2v) is 11.3. The van der Waals surface area contributed by atoms with E-state index in [2.05, 4.69) is 0 Å². The molecule has 0 atom stereocenters. The summed E-state index contributed by atoms with van der Waals surface area (Å²) in [5, 5.41) is 0. The van der Waals surface area contributed by atoms with Gasteiger partial charge in [0.15, 0.2) is 14.6 Å². The molecule has 1 aromatic carbocycles. The number of benzene rings is 1. The molecule has 0 unspecified atom stereocenters. The van der Waals surface area contributed by atoms with Gasteiger partial charge in [0, 0.05) is 32.4 Å². The number of nitrogens with zero attached hydrogens (tertiary/aromatic N) is 2. The summed E-state index contributed by atoms with van der Waals surface area (Å²) in [6.45, 7) is 6.63. The highest BCUT2D eigenvalue weighted by Crippen LogP contribution is 2.34. The Kier molecular flexibility index (Phi) is 5.69. The Balaban J connectivity index is 1.78. The molecular formula is C21H30N2O5S. The van der Waals surface area contributed by atoms with Gasteiger partial charge >= 0.3 is 6.09 Å². The molecule has 0 saturated carbocycles. The first-order valence-electron chi connectivity index (χ1n) is 9.97. The average Bonchev–Trinajstić information content (AvgIpc) is 2.65. The Labute approximate surface area is 172 Å². The second-order valence-electron chi connectivity index (χ2n) is 8.98. The Bertz CT molecular complexity index is 896. The molecule has 160 valence electrons. The highest BCUT2D eigenvalue weighted by atomic mass is 32.2. The molecule has 0 aliphatic carbocycles. The molecule has 2 aliphatic heterocycles. The molecule has 2 aliphatic rings. The molecule has 0 bridgehead atoms. The fourth-order valence-electron chi connectivity index (χ4n) is 4.08. The van der Waals surface area contributed by atoms with E-state index in [1.54, 1.807) is 25.7 Å². The lowest BCUT2D eigenvalue weighted by molar-refractivity contribution is -0.136. The van der Waals surface area contributed by atoms with Gasteiger partial charge in [-0.15, -0.1) is 0 Å². The lowest BCUT2D eigenvalue weighted by Gasteiger charge is -2.42. The molecular weight excluding hydrogens is 392 g/mol. The van der Waals surface area contributed by atoms with Crippen LogP contribution in [0.3, 0.4) is 0 Å². The quantitative estimate of drug-likeness (QED) is 0.731. The van der Waals surface area contributed by atoms with E-state index >= 15 is 0 Å². The highest BCUT2D eigenvalue weighted by molar-refractivity contribution is 7.92. The van der Waals surface area contributed by atoms with Crippen molar-refractivity contribution in [1.82, 2.24) is 9.80 Å². The van der Waals surface area contributed by atoms with E-state index in [9.17, 15) is 18.0 Å². The molecule has 2 amide bonds. The van der Waals surface area contributed by atoms with Crippen molar-refractivity contribution in [3.05, 3.63) is 35.4 Å². The fourth-order valence-corrected chi connectivity index (χ4v) is 5.45. The maximum atomic E-state index is 13.4. The number of carbonyl (C=O) groups excluding carboxylic acids is 2. The van der Waals surface area contributed by atoms with Crippen molar-refractivity contribution in [2.24, 2.45) is 0 Å². The molecule has 7 nitrogen and oxygen atoms in total. The Hall–Kier alpha value is -2.09. The normalized spacial score (nSPS) is 19.4. The van der Waals surface area contributed by atoms with Gasteiger partial charge in [0.25, 0.3) is 0 Å². The summed E-state index contributed by atoms with van der Waals surface area (Å²) in [7, 11) is -3.67. The smallest absolute Gasteiger partial charge is 0.410 e. The summed E-state index contributed by atoms with van der Waals surface area (Å²) in [5.74, 6) is -0.349. The van der Waals surface area contributed by atoms with Crippen LogP contribution in [0.2, 0.25) is 0 Å². The first kappa shape index (κ1) is 21.6. The SMILES string of the molecule is CC(C)(C)OC(=O)N1CCC(C(=O)N2CCc3ccccc3C2)(S(C)(=O)=O)CC1. The van der Waals surface area contributed by atoms with Gasteiger partial charge in [-0.25, -0.2) is 13.2 Å². The first-order chi connectivity index (χ1) is 13.4. The van der Waals surface area contributed by atoms with Crippen LogP contribution in [0.15, 0.2) is 24.3 Å². The van der Waals surface area contributed by atoms with Crippen LogP contribution in [0.25, 0.3) is 0 Å². The third-order valence-electron chi connectivity index (χ3n) is 5.74. The van der Waals surface area contributed by atoms with Crippen LogP contribution >= 0.6 is 0 Å². The van der Waals surface area contributed by atoms with Crippen LogP contribution < -0.4 is 0 Å². The molecule has 1 fully saturated rings. The summed E-state index contributed by atoms with van der Waals surface area (Å²) in [6, 6.07) is 7.93. The maximum Gasteiger partial charge on any atom is 0.410 e. The number of amides is 2. The predicted octanol–water partition coefficient (Wildman–Crippen LogP) is 2.39. The summed E-state index contributed by atoms with van der Waals surface area (Å²) < 4.78 is 29.4. The zero-order valence-corrected chi connectivity index (χ0v) is 18.4. The standard InChI is InChI=1S/C21H30N2O5S/c1-20(2,3)28-19(25)22-13-10-21(11-14-22,29(4,26)27)18(24)23-12-9-16-7-5-6-8-17(16)15-23/h5-8H,9-15H2,1-4H3.